The van der Waals surface area contributed by atoms with Gasteiger partial charge >= 0.3 is 0 Å². The van der Waals surface area contributed by atoms with Gasteiger partial charge in [-0.3, -0.25) is 4.90 Å². The van der Waals surface area contributed by atoms with Crippen molar-refractivity contribution in [2.45, 2.75) is 25.4 Å². The Kier molecular flexibility index (Phi) is 6.94. The van der Waals surface area contributed by atoms with E-state index in [9.17, 15) is 0 Å². The van der Waals surface area contributed by atoms with Gasteiger partial charge in [0.05, 0.1) is 7.11 Å². The number of hydrogen-bond donors (Lipinski definition) is 1. The molecule has 0 radical (unpaired) electrons. The van der Waals surface area contributed by atoms with Crippen molar-refractivity contribution in [2.24, 2.45) is 0 Å². The van der Waals surface area contributed by atoms with Crippen LogP contribution in [0, 0.1) is 0 Å². The summed E-state index contributed by atoms with van der Waals surface area (Å²) in [6.07, 6.45) is 2.52. The van der Waals surface area contributed by atoms with Crippen LogP contribution >= 0.6 is 24.0 Å². The molecule has 1 N–H and O–H groups in total. The van der Waals surface area contributed by atoms with Gasteiger partial charge in [0.15, 0.2) is 0 Å². The standard InChI is InChI=1S/C14H21ClN2O.ClH/c1-16-9-11-5-4-8-17(11)10-12-13(15)6-3-7-14(12)18-2;/h3,6-7,11,16H,4-5,8-10H2,1-2H3;1H. The zero-order valence-electron chi connectivity index (χ0n) is 11.5. The molecular formula is C14H22Cl2N2O. The molecule has 5 heteroatoms. The van der Waals surface area contributed by atoms with Crippen LogP contribution in [-0.4, -0.2) is 38.2 Å². The van der Waals surface area contributed by atoms with Gasteiger partial charge in [0.1, 0.15) is 5.75 Å². The Labute approximate surface area is 126 Å². The number of methoxy groups -OCH3 is 1. The minimum Gasteiger partial charge on any atom is -0.496 e. The van der Waals surface area contributed by atoms with E-state index >= 15 is 0 Å². The van der Waals surface area contributed by atoms with E-state index in [1.54, 1.807) is 7.11 Å². The van der Waals surface area contributed by atoms with Crippen molar-refractivity contribution in [3.8, 4) is 5.75 Å². The molecule has 19 heavy (non-hydrogen) atoms. The number of rotatable bonds is 5. The SMILES string of the molecule is CNCC1CCCN1Cc1c(Cl)cccc1OC.Cl. The molecule has 0 aromatic heterocycles. The van der Waals surface area contributed by atoms with Crippen molar-refractivity contribution < 1.29 is 4.74 Å². The zero-order valence-corrected chi connectivity index (χ0v) is 13.1. The van der Waals surface area contributed by atoms with Crippen molar-refractivity contribution in [3.63, 3.8) is 0 Å². The minimum absolute atomic E-state index is 0. The Morgan fingerprint density at radius 1 is 1.47 bits per heavy atom. The maximum absolute atomic E-state index is 6.29. The fourth-order valence-electron chi connectivity index (χ4n) is 2.66. The minimum atomic E-state index is 0. The molecule has 1 saturated heterocycles. The predicted octanol–water partition coefficient (Wildman–Crippen LogP) is 2.95. The third kappa shape index (κ3) is 3.99. The molecule has 0 bridgehead atoms. The summed E-state index contributed by atoms with van der Waals surface area (Å²) in [7, 11) is 3.71. The Hall–Kier alpha value is -0.480. The number of benzene rings is 1. The number of halogens is 2. The first-order valence-electron chi connectivity index (χ1n) is 6.46. The number of likely N-dealkylation sites (N-methyl/N-ethyl adjacent to an activating group) is 1. The van der Waals surface area contributed by atoms with E-state index in [0.29, 0.717) is 6.04 Å². The monoisotopic (exact) mass is 304 g/mol. The van der Waals surface area contributed by atoms with Crippen molar-refractivity contribution in [1.82, 2.24) is 10.2 Å². The molecule has 108 valence electrons. The summed E-state index contributed by atoms with van der Waals surface area (Å²) in [4.78, 5) is 2.49. The van der Waals surface area contributed by atoms with Crippen LogP contribution in [0.15, 0.2) is 18.2 Å². The average Bonchev–Trinajstić information content (AvgIpc) is 2.80. The van der Waals surface area contributed by atoms with Crippen LogP contribution in [-0.2, 0) is 6.54 Å². The fraction of sp³-hybridized carbons (Fsp3) is 0.571. The zero-order chi connectivity index (χ0) is 13.0. The van der Waals surface area contributed by atoms with Gasteiger partial charge in [0.2, 0.25) is 0 Å². The summed E-state index contributed by atoms with van der Waals surface area (Å²) in [5.74, 6) is 0.887. The van der Waals surface area contributed by atoms with Crippen LogP contribution in [0.1, 0.15) is 18.4 Å². The third-order valence-corrected chi connectivity index (χ3v) is 3.95. The van der Waals surface area contributed by atoms with Gasteiger partial charge in [-0.15, -0.1) is 12.4 Å². The molecule has 3 nitrogen and oxygen atoms in total. The molecule has 1 aromatic rings. The molecule has 2 rings (SSSR count). The molecule has 0 spiro atoms. The lowest BCUT2D eigenvalue weighted by molar-refractivity contribution is 0.239. The normalized spacial score (nSPS) is 19.2. The highest BCUT2D eigenvalue weighted by Crippen LogP contribution is 2.30. The van der Waals surface area contributed by atoms with Crippen LogP contribution in [0.5, 0.6) is 5.75 Å². The lowest BCUT2D eigenvalue weighted by atomic mass is 10.1. The Morgan fingerprint density at radius 2 is 2.26 bits per heavy atom. The number of nitrogens with one attached hydrogen (secondary N) is 1. The van der Waals surface area contributed by atoms with Crippen LogP contribution in [0.3, 0.4) is 0 Å². The van der Waals surface area contributed by atoms with Gasteiger partial charge < -0.3 is 10.1 Å². The number of likely N-dealkylation sites (tertiary alicyclic amines) is 1. The van der Waals surface area contributed by atoms with Gasteiger partial charge in [0.25, 0.3) is 0 Å². The van der Waals surface area contributed by atoms with Crippen LogP contribution in [0.2, 0.25) is 5.02 Å². The van der Waals surface area contributed by atoms with E-state index in [1.165, 1.54) is 12.8 Å². The summed E-state index contributed by atoms with van der Waals surface area (Å²) in [6.45, 7) is 3.04. The highest BCUT2D eigenvalue weighted by atomic mass is 35.5. The molecule has 1 aliphatic heterocycles. The summed E-state index contributed by atoms with van der Waals surface area (Å²) in [6, 6.07) is 6.45. The first-order valence-corrected chi connectivity index (χ1v) is 6.84. The van der Waals surface area contributed by atoms with Gasteiger partial charge in [-0.25, -0.2) is 0 Å². The van der Waals surface area contributed by atoms with E-state index < -0.39 is 0 Å². The van der Waals surface area contributed by atoms with Crippen LogP contribution < -0.4 is 10.1 Å². The maximum atomic E-state index is 6.29. The largest absolute Gasteiger partial charge is 0.496 e. The molecule has 0 amide bonds. The first-order chi connectivity index (χ1) is 8.76. The van der Waals surface area contributed by atoms with Crippen LogP contribution in [0.4, 0.5) is 0 Å². The van der Waals surface area contributed by atoms with Gasteiger partial charge in [-0.2, -0.15) is 0 Å². The Bertz CT molecular complexity index is 401. The molecule has 1 fully saturated rings. The van der Waals surface area contributed by atoms with E-state index in [-0.39, 0.29) is 12.4 Å². The summed E-state index contributed by atoms with van der Waals surface area (Å²) >= 11 is 6.29. The second-order valence-corrected chi connectivity index (χ2v) is 5.15. The van der Waals surface area contributed by atoms with Gasteiger partial charge in [-0.1, -0.05) is 17.7 Å². The summed E-state index contributed by atoms with van der Waals surface area (Å²) < 4.78 is 5.40. The second-order valence-electron chi connectivity index (χ2n) is 4.74. The topological polar surface area (TPSA) is 24.5 Å². The number of nitrogens with zero attached hydrogens (tertiary/aromatic N) is 1. The first kappa shape index (κ1) is 16.6. The average molecular weight is 305 g/mol. The van der Waals surface area contributed by atoms with E-state index in [4.69, 9.17) is 16.3 Å². The van der Waals surface area contributed by atoms with Crippen LogP contribution in [0.25, 0.3) is 0 Å². The number of hydrogen-bond acceptors (Lipinski definition) is 3. The maximum Gasteiger partial charge on any atom is 0.124 e. The Morgan fingerprint density at radius 3 is 2.95 bits per heavy atom. The van der Waals surface area contributed by atoms with Crippen molar-refractivity contribution in [1.29, 1.82) is 0 Å². The van der Waals surface area contributed by atoms with Crippen molar-refractivity contribution in [2.75, 3.05) is 27.2 Å². The van der Waals surface area contributed by atoms with E-state index in [1.807, 2.05) is 25.2 Å². The summed E-state index contributed by atoms with van der Waals surface area (Å²) in [5, 5.41) is 4.06. The molecule has 0 aliphatic carbocycles. The summed E-state index contributed by atoms with van der Waals surface area (Å²) in [5.41, 5.74) is 1.10. The lowest BCUT2D eigenvalue weighted by Crippen LogP contribution is -2.36. The highest BCUT2D eigenvalue weighted by molar-refractivity contribution is 6.31. The lowest BCUT2D eigenvalue weighted by Gasteiger charge is -2.25. The molecular weight excluding hydrogens is 283 g/mol. The van der Waals surface area contributed by atoms with Gasteiger partial charge in [0, 0.05) is 29.7 Å². The number of ether oxygens (including phenoxy) is 1. The molecule has 1 aliphatic rings. The van der Waals surface area contributed by atoms with Gasteiger partial charge in [-0.05, 0) is 38.6 Å². The Balaban J connectivity index is 0.00000180. The smallest absolute Gasteiger partial charge is 0.124 e. The molecule has 1 unspecified atom stereocenters. The molecule has 0 saturated carbocycles. The quantitative estimate of drug-likeness (QED) is 0.905. The second kappa shape index (κ2) is 7.95. The predicted molar refractivity (Wildman–Crippen MR) is 82.6 cm³/mol. The third-order valence-electron chi connectivity index (χ3n) is 3.60. The molecule has 1 atom stereocenters. The fourth-order valence-corrected chi connectivity index (χ4v) is 2.88. The highest BCUT2D eigenvalue weighted by Gasteiger charge is 2.25. The van der Waals surface area contributed by atoms with E-state index in [0.717, 1.165) is 36.0 Å². The molecule has 1 aromatic carbocycles. The van der Waals surface area contributed by atoms with Crippen molar-refractivity contribution >= 4 is 24.0 Å². The molecule has 1 heterocycles. The van der Waals surface area contributed by atoms with E-state index in [2.05, 4.69) is 10.2 Å². The van der Waals surface area contributed by atoms with Crippen molar-refractivity contribution in [3.05, 3.63) is 28.8 Å².